The Balaban J connectivity index is 2.23. The van der Waals surface area contributed by atoms with Gasteiger partial charge in [-0.25, -0.2) is 0 Å². The molecule has 0 aliphatic carbocycles. The third kappa shape index (κ3) is 4.18. The molecule has 1 amide bonds. The molecule has 0 aromatic heterocycles. The quantitative estimate of drug-likeness (QED) is 0.722. The number of nitrogens with zero attached hydrogens (tertiary/aromatic N) is 2. The van der Waals surface area contributed by atoms with Crippen molar-refractivity contribution in [1.29, 1.82) is 0 Å². The summed E-state index contributed by atoms with van der Waals surface area (Å²) in [5.41, 5.74) is 0. The highest BCUT2D eigenvalue weighted by Gasteiger charge is 2.18. The molecule has 0 aromatic rings. The van der Waals surface area contributed by atoms with Gasteiger partial charge in [0.05, 0.1) is 0 Å². The molecule has 1 atom stereocenters. The van der Waals surface area contributed by atoms with E-state index in [9.17, 15) is 4.79 Å². The van der Waals surface area contributed by atoms with Gasteiger partial charge in [-0.2, -0.15) is 0 Å². The fourth-order valence-corrected chi connectivity index (χ4v) is 1.97. The number of carbonyl (C=O) groups is 1. The monoisotopic (exact) mass is 213 g/mol. The zero-order valence-electron chi connectivity index (χ0n) is 10.1. The molecule has 1 unspecified atom stereocenters. The van der Waals surface area contributed by atoms with Gasteiger partial charge in [0, 0.05) is 39.6 Å². The molecule has 0 radical (unpaired) electrons. The highest BCUT2D eigenvalue weighted by molar-refractivity contribution is 5.75. The summed E-state index contributed by atoms with van der Waals surface area (Å²) in [5, 5.41) is 3.31. The van der Waals surface area contributed by atoms with Crippen LogP contribution in [0.1, 0.15) is 19.3 Å². The molecule has 1 saturated heterocycles. The fraction of sp³-hybridized carbons (Fsp3) is 0.909. The van der Waals surface area contributed by atoms with Crippen molar-refractivity contribution < 1.29 is 4.79 Å². The zero-order valence-corrected chi connectivity index (χ0v) is 10.1. The van der Waals surface area contributed by atoms with Crippen LogP contribution in [0.15, 0.2) is 0 Å². The average molecular weight is 213 g/mol. The van der Waals surface area contributed by atoms with E-state index in [-0.39, 0.29) is 5.91 Å². The zero-order chi connectivity index (χ0) is 11.3. The van der Waals surface area contributed by atoms with Crippen molar-refractivity contribution in [3.63, 3.8) is 0 Å². The third-order valence-electron chi connectivity index (χ3n) is 3.05. The minimum Gasteiger partial charge on any atom is -0.349 e. The van der Waals surface area contributed by atoms with Gasteiger partial charge in [-0.15, -0.1) is 0 Å². The predicted octanol–water partition coefficient (Wildman–Crippen LogP) is 0.149. The maximum atomic E-state index is 11.4. The van der Waals surface area contributed by atoms with Gasteiger partial charge in [-0.1, -0.05) is 0 Å². The third-order valence-corrected chi connectivity index (χ3v) is 3.05. The van der Waals surface area contributed by atoms with Crippen LogP contribution in [0.3, 0.4) is 0 Å². The molecular weight excluding hydrogens is 190 g/mol. The second-order valence-corrected chi connectivity index (χ2v) is 4.47. The van der Waals surface area contributed by atoms with Gasteiger partial charge < -0.3 is 15.1 Å². The molecule has 1 aliphatic heterocycles. The van der Waals surface area contributed by atoms with Crippen molar-refractivity contribution in [3.05, 3.63) is 0 Å². The van der Waals surface area contributed by atoms with Gasteiger partial charge in [0.15, 0.2) is 0 Å². The van der Waals surface area contributed by atoms with Crippen LogP contribution in [-0.4, -0.2) is 62.5 Å². The number of hydrogen-bond acceptors (Lipinski definition) is 3. The lowest BCUT2D eigenvalue weighted by molar-refractivity contribution is -0.129. The minimum absolute atomic E-state index is 0.224. The number of hydrogen-bond donors (Lipinski definition) is 1. The number of carbonyl (C=O) groups excluding carboxylic acids is 1. The average Bonchev–Trinajstić information content (AvgIpc) is 2.26. The molecule has 0 spiro atoms. The lowest BCUT2D eigenvalue weighted by Gasteiger charge is -2.32. The van der Waals surface area contributed by atoms with Crippen molar-refractivity contribution in [2.24, 2.45) is 0 Å². The summed E-state index contributed by atoms with van der Waals surface area (Å²) >= 11 is 0. The van der Waals surface area contributed by atoms with E-state index in [1.807, 2.05) is 21.1 Å². The molecule has 4 nitrogen and oxygen atoms in total. The topological polar surface area (TPSA) is 35.6 Å². The minimum atomic E-state index is 0.224. The Morgan fingerprint density at radius 1 is 1.53 bits per heavy atom. The van der Waals surface area contributed by atoms with E-state index >= 15 is 0 Å². The van der Waals surface area contributed by atoms with E-state index < -0.39 is 0 Å². The van der Waals surface area contributed by atoms with Crippen LogP contribution in [-0.2, 0) is 4.79 Å². The van der Waals surface area contributed by atoms with Gasteiger partial charge in [0.25, 0.3) is 0 Å². The van der Waals surface area contributed by atoms with E-state index in [1.165, 1.54) is 12.8 Å². The summed E-state index contributed by atoms with van der Waals surface area (Å²) < 4.78 is 0. The smallest absolute Gasteiger partial charge is 0.223 e. The van der Waals surface area contributed by atoms with Crippen molar-refractivity contribution in [3.8, 4) is 0 Å². The van der Waals surface area contributed by atoms with Crippen LogP contribution in [0.5, 0.6) is 0 Å². The second-order valence-electron chi connectivity index (χ2n) is 4.47. The molecule has 0 bridgehead atoms. The maximum Gasteiger partial charge on any atom is 0.223 e. The van der Waals surface area contributed by atoms with Crippen molar-refractivity contribution >= 4 is 5.91 Å². The molecule has 1 N–H and O–H groups in total. The number of rotatable bonds is 4. The van der Waals surface area contributed by atoms with E-state index in [0.29, 0.717) is 12.5 Å². The van der Waals surface area contributed by atoms with Crippen LogP contribution >= 0.6 is 0 Å². The van der Waals surface area contributed by atoms with Crippen molar-refractivity contribution in [2.45, 2.75) is 25.3 Å². The summed E-state index contributed by atoms with van der Waals surface area (Å²) in [4.78, 5) is 15.5. The largest absolute Gasteiger partial charge is 0.349 e. The van der Waals surface area contributed by atoms with E-state index in [2.05, 4.69) is 10.2 Å². The molecular formula is C11H23N3O. The Bertz CT molecular complexity index is 206. The predicted molar refractivity (Wildman–Crippen MR) is 61.8 cm³/mol. The first kappa shape index (κ1) is 12.5. The Labute approximate surface area is 92.6 Å². The summed E-state index contributed by atoms with van der Waals surface area (Å²) in [6.07, 6.45) is 3.14. The SMILES string of the molecule is CNC1CCCN(CCC(=O)N(C)C)C1. The lowest BCUT2D eigenvalue weighted by atomic mass is 10.1. The summed E-state index contributed by atoms with van der Waals surface area (Å²) in [6.45, 7) is 3.12. The molecule has 1 heterocycles. The molecule has 0 aromatic carbocycles. The standard InChI is InChI=1S/C11H23N3O/c1-12-10-5-4-7-14(9-10)8-6-11(15)13(2)3/h10,12H,4-9H2,1-3H3. The van der Waals surface area contributed by atoms with Crippen LogP contribution in [0.25, 0.3) is 0 Å². The summed E-state index contributed by atoms with van der Waals surface area (Å²) in [6, 6.07) is 0.605. The van der Waals surface area contributed by atoms with Gasteiger partial charge in [-0.05, 0) is 26.4 Å². The first-order valence-electron chi connectivity index (χ1n) is 5.73. The summed E-state index contributed by atoms with van der Waals surface area (Å²) in [7, 11) is 5.64. The van der Waals surface area contributed by atoms with E-state index in [1.54, 1.807) is 4.90 Å². The molecule has 1 aliphatic rings. The Kier molecular flexibility index (Phi) is 5.05. The van der Waals surface area contributed by atoms with Gasteiger partial charge in [0.2, 0.25) is 5.91 Å². The highest BCUT2D eigenvalue weighted by Crippen LogP contribution is 2.09. The second kappa shape index (κ2) is 6.08. The molecule has 15 heavy (non-hydrogen) atoms. The number of amides is 1. The lowest BCUT2D eigenvalue weighted by Crippen LogP contribution is -2.45. The Hall–Kier alpha value is -0.610. The van der Waals surface area contributed by atoms with Crippen molar-refractivity contribution in [1.82, 2.24) is 15.1 Å². The van der Waals surface area contributed by atoms with Gasteiger partial charge in [0.1, 0.15) is 0 Å². The molecule has 0 saturated carbocycles. The van der Waals surface area contributed by atoms with E-state index in [0.717, 1.165) is 19.6 Å². The summed E-state index contributed by atoms with van der Waals surface area (Å²) in [5.74, 6) is 0.224. The van der Waals surface area contributed by atoms with Gasteiger partial charge >= 0.3 is 0 Å². The van der Waals surface area contributed by atoms with Gasteiger partial charge in [-0.3, -0.25) is 4.79 Å². The number of likely N-dealkylation sites (tertiary alicyclic amines) is 1. The molecule has 1 fully saturated rings. The number of nitrogens with one attached hydrogen (secondary N) is 1. The number of piperidine rings is 1. The Morgan fingerprint density at radius 3 is 2.87 bits per heavy atom. The Morgan fingerprint density at radius 2 is 2.27 bits per heavy atom. The normalized spacial score (nSPS) is 22.7. The van der Waals surface area contributed by atoms with Crippen LogP contribution in [0, 0.1) is 0 Å². The van der Waals surface area contributed by atoms with Crippen molar-refractivity contribution in [2.75, 3.05) is 40.8 Å². The molecule has 4 heteroatoms. The maximum absolute atomic E-state index is 11.4. The molecule has 88 valence electrons. The number of likely N-dealkylation sites (N-methyl/N-ethyl adjacent to an activating group) is 1. The van der Waals surface area contributed by atoms with Crippen LogP contribution < -0.4 is 5.32 Å². The van der Waals surface area contributed by atoms with E-state index in [4.69, 9.17) is 0 Å². The molecule has 1 rings (SSSR count). The fourth-order valence-electron chi connectivity index (χ4n) is 1.97. The first-order chi connectivity index (χ1) is 7.13. The highest BCUT2D eigenvalue weighted by atomic mass is 16.2. The van der Waals surface area contributed by atoms with Crippen LogP contribution in [0.2, 0.25) is 0 Å². The first-order valence-corrected chi connectivity index (χ1v) is 5.73. The van der Waals surface area contributed by atoms with Crippen LogP contribution in [0.4, 0.5) is 0 Å².